The first kappa shape index (κ1) is 17.9. The fraction of sp³-hybridized carbons (Fsp3) is 0.647. The largest absolute Gasteiger partial charge is 0.493 e. The Kier molecular flexibility index (Phi) is 6.39. The molecule has 22 heavy (non-hydrogen) atoms. The maximum Gasteiger partial charge on any atom is 0.122 e. The summed E-state index contributed by atoms with van der Waals surface area (Å²) in [4.78, 5) is 2.69. The SMILES string of the molecule is Cl.Cl.c1cc2c(cc1[C@@H](CC1CC1)N1CCNCC1)CCO2. The third-order valence-electron chi connectivity index (χ3n) is 4.94. The molecule has 0 bridgehead atoms. The van der Waals surface area contributed by atoms with Crippen molar-refractivity contribution in [3.8, 4) is 5.75 Å². The molecule has 0 amide bonds. The van der Waals surface area contributed by atoms with Crippen LogP contribution >= 0.6 is 24.8 Å². The smallest absolute Gasteiger partial charge is 0.122 e. The van der Waals surface area contributed by atoms with Crippen LogP contribution in [0.2, 0.25) is 0 Å². The van der Waals surface area contributed by atoms with Crippen molar-refractivity contribution in [3.63, 3.8) is 0 Å². The van der Waals surface area contributed by atoms with Crippen molar-refractivity contribution in [2.24, 2.45) is 5.92 Å². The third kappa shape index (κ3) is 3.88. The fourth-order valence-corrected chi connectivity index (χ4v) is 3.57. The minimum absolute atomic E-state index is 0. The van der Waals surface area contributed by atoms with Gasteiger partial charge in [0.15, 0.2) is 0 Å². The van der Waals surface area contributed by atoms with Crippen LogP contribution in [-0.2, 0) is 6.42 Å². The lowest BCUT2D eigenvalue weighted by Crippen LogP contribution is -2.45. The zero-order valence-electron chi connectivity index (χ0n) is 12.9. The Morgan fingerprint density at radius 1 is 1.18 bits per heavy atom. The molecule has 3 nitrogen and oxygen atoms in total. The monoisotopic (exact) mass is 344 g/mol. The molecule has 2 heterocycles. The fourth-order valence-electron chi connectivity index (χ4n) is 3.57. The summed E-state index contributed by atoms with van der Waals surface area (Å²) < 4.78 is 5.65. The van der Waals surface area contributed by atoms with Crippen LogP contribution in [-0.4, -0.2) is 37.7 Å². The Hall–Kier alpha value is -0.480. The normalized spacial score (nSPS) is 22.0. The van der Waals surface area contributed by atoms with Crippen LogP contribution < -0.4 is 10.1 Å². The van der Waals surface area contributed by atoms with Gasteiger partial charge in [0, 0.05) is 38.6 Å². The van der Waals surface area contributed by atoms with Crippen molar-refractivity contribution in [1.29, 1.82) is 0 Å². The summed E-state index contributed by atoms with van der Waals surface area (Å²) in [6.45, 7) is 5.50. The van der Waals surface area contributed by atoms with Gasteiger partial charge in [-0.05, 0) is 29.5 Å². The molecule has 2 aliphatic heterocycles. The summed E-state index contributed by atoms with van der Waals surface area (Å²) in [6, 6.07) is 7.53. The molecule has 3 aliphatic rings. The van der Waals surface area contributed by atoms with Crippen LogP contribution in [0, 0.1) is 5.92 Å². The quantitative estimate of drug-likeness (QED) is 0.907. The van der Waals surface area contributed by atoms with E-state index in [4.69, 9.17) is 4.74 Å². The van der Waals surface area contributed by atoms with Crippen LogP contribution in [0.1, 0.15) is 36.4 Å². The number of hydrogen-bond acceptors (Lipinski definition) is 3. The zero-order valence-corrected chi connectivity index (χ0v) is 14.6. The summed E-state index contributed by atoms with van der Waals surface area (Å²) in [6.07, 6.45) is 5.31. The first-order valence-corrected chi connectivity index (χ1v) is 8.10. The zero-order chi connectivity index (χ0) is 13.4. The number of nitrogens with zero attached hydrogens (tertiary/aromatic N) is 1. The molecule has 4 rings (SSSR count). The van der Waals surface area contributed by atoms with E-state index in [2.05, 4.69) is 28.4 Å². The molecule has 1 aromatic rings. The van der Waals surface area contributed by atoms with Crippen LogP contribution in [0.3, 0.4) is 0 Å². The van der Waals surface area contributed by atoms with Gasteiger partial charge in [0.1, 0.15) is 5.75 Å². The molecule has 5 heteroatoms. The molecule has 0 radical (unpaired) electrons. The summed E-state index contributed by atoms with van der Waals surface area (Å²) >= 11 is 0. The molecular formula is C17H26Cl2N2O. The molecule has 1 aliphatic carbocycles. The molecule has 1 saturated carbocycles. The van der Waals surface area contributed by atoms with Crippen molar-refractivity contribution in [1.82, 2.24) is 10.2 Å². The van der Waals surface area contributed by atoms with E-state index in [0.29, 0.717) is 6.04 Å². The van der Waals surface area contributed by atoms with E-state index < -0.39 is 0 Å². The highest BCUT2D eigenvalue weighted by atomic mass is 35.5. The minimum atomic E-state index is 0. The lowest BCUT2D eigenvalue weighted by molar-refractivity contribution is 0.160. The van der Waals surface area contributed by atoms with Gasteiger partial charge in [0.2, 0.25) is 0 Å². The number of rotatable bonds is 4. The average Bonchev–Trinajstić information content (AvgIpc) is 3.20. The number of nitrogens with one attached hydrogen (secondary N) is 1. The molecule has 1 aromatic carbocycles. The maximum absolute atomic E-state index is 5.65. The Balaban J connectivity index is 0.000000882. The van der Waals surface area contributed by atoms with Gasteiger partial charge in [0.25, 0.3) is 0 Å². The standard InChI is InChI=1S/C17H24N2O.2ClH/c1-2-13(1)11-16(19-8-6-18-7-9-19)14-3-4-17-15(12-14)5-10-20-17;;/h3-4,12-13,16,18H,1-2,5-11H2;2*1H/t16-;;/m1../s1. The average molecular weight is 345 g/mol. The number of ether oxygens (including phenoxy) is 1. The second kappa shape index (κ2) is 7.87. The molecule has 0 spiro atoms. The molecule has 1 N–H and O–H groups in total. The molecule has 1 saturated heterocycles. The van der Waals surface area contributed by atoms with E-state index in [9.17, 15) is 0 Å². The first-order chi connectivity index (χ1) is 9.90. The highest BCUT2D eigenvalue weighted by Gasteiger charge is 2.31. The number of halogens is 2. The van der Waals surface area contributed by atoms with Crippen molar-refractivity contribution in [2.45, 2.75) is 31.7 Å². The van der Waals surface area contributed by atoms with Gasteiger partial charge in [-0.3, -0.25) is 4.90 Å². The van der Waals surface area contributed by atoms with Gasteiger partial charge in [-0.15, -0.1) is 24.8 Å². The van der Waals surface area contributed by atoms with E-state index in [-0.39, 0.29) is 24.8 Å². The summed E-state index contributed by atoms with van der Waals surface area (Å²) in [5.74, 6) is 2.08. The summed E-state index contributed by atoms with van der Waals surface area (Å²) in [5, 5.41) is 3.47. The van der Waals surface area contributed by atoms with E-state index in [1.54, 1.807) is 0 Å². The van der Waals surface area contributed by atoms with Gasteiger partial charge in [-0.2, -0.15) is 0 Å². The highest BCUT2D eigenvalue weighted by molar-refractivity contribution is 5.85. The van der Waals surface area contributed by atoms with E-state index in [1.165, 1.54) is 43.5 Å². The Morgan fingerprint density at radius 2 is 1.95 bits per heavy atom. The second-order valence-electron chi connectivity index (χ2n) is 6.45. The van der Waals surface area contributed by atoms with E-state index in [0.717, 1.165) is 37.8 Å². The van der Waals surface area contributed by atoms with Crippen LogP contribution in [0.15, 0.2) is 18.2 Å². The summed E-state index contributed by atoms with van der Waals surface area (Å²) in [5.41, 5.74) is 2.93. The minimum Gasteiger partial charge on any atom is -0.493 e. The Morgan fingerprint density at radius 3 is 2.68 bits per heavy atom. The predicted molar refractivity (Wildman–Crippen MR) is 94.7 cm³/mol. The van der Waals surface area contributed by atoms with Crippen molar-refractivity contribution in [3.05, 3.63) is 29.3 Å². The molecule has 124 valence electrons. The number of benzene rings is 1. The molecule has 0 unspecified atom stereocenters. The number of hydrogen-bond donors (Lipinski definition) is 1. The van der Waals surface area contributed by atoms with Gasteiger partial charge >= 0.3 is 0 Å². The van der Waals surface area contributed by atoms with Crippen molar-refractivity contribution < 1.29 is 4.74 Å². The predicted octanol–water partition coefficient (Wildman–Crippen LogP) is 3.21. The van der Waals surface area contributed by atoms with Crippen LogP contribution in [0.4, 0.5) is 0 Å². The molecule has 1 atom stereocenters. The van der Waals surface area contributed by atoms with Gasteiger partial charge < -0.3 is 10.1 Å². The summed E-state index contributed by atoms with van der Waals surface area (Å²) in [7, 11) is 0. The molecular weight excluding hydrogens is 319 g/mol. The van der Waals surface area contributed by atoms with Crippen LogP contribution in [0.5, 0.6) is 5.75 Å². The van der Waals surface area contributed by atoms with Gasteiger partial charge in [0.05, 0.1) is 6.61 Å². The van der Waals surface area contributed by atoms with Gasteiger partial charge in [-0.1, -0.05) is 25.0 Å². The first-order valence-electron chi connectivity index (χ1n) is 8.10. The lowest BCUT2D eigenvalue weighted by Gasteiger charge is -2.35. The van der Waals surface area contributed by atoms with Crippen LogP contribution in [0.25, 0.3) is 0 Å². The number of piperazine rings is 1. The van der Waals surface area contributed by atoms with Crippen molar-refractivity contribution >= 4 is 24.8 Å². The van der Waals surface area contributed by atoms with Gasteiger partial charge in [-0.25, -0.2) is 0 Å². The van der Waals surface area contributed by atoms with Crippen molar-refractivity contribution in [2.75, 3.05) is 32.8 Å². The molecule has 2 fully saturated rings. The van der Waals surface area contributed by atoms with E-state index in [1.807, 2.05) is 0 Å². The Bertz CT molecular complexity index is 488. The second-order valence-corrected chi connectivity index (χ2v) is 6.45. The van der Waals surface area contributed by atoms with E-state index >= 15 is 0 Å². The Labute approximate surface area is 145 Å². The third-order valence-corrected chi connectivity index (χ3v) is 4.94. The highest BCUT2D eigenvalue weighted by Crippen LogP contribution is 2.41. The number of fused-ring (bicyclic) bond motifs is 1. The molecule has 0 aromatic heterocycles. The lowest BCUT2D eigenvalue weighted by atomic mass is 9.96. The topological polar surface area (TPSA) is 24.5 Å². The maximum atomic E-state index is 5.65.